The molecule has 2 unspecified atom stereocenters. The number of rotatable bonds is 5. The largest absolute Gasteiger partial charge is 0.497 e. The molecule has 21 heavy (non-hydrogen) atoms. The molecule has 1 heterocycles. The predicted octanol–water partition coefficient (Wildman–Crippen LogP) is 1.90. The molecule has 1 aliphatic rings. The summed E-state index contributed by atoms with van der Waals surface area (Å²) in [6.45, 7) is 8.70. The highest BCUT2D eigenvalue weighted by Crippen LogP contribution is 2.28. The molecule has 1 aromatic carbocycles. The van der Waals surface area contributed by atoms with Gasteiger partial charge < -0.3 is 15.0 Å². The van der Waals surface area contributed by atoms with Crippen molar-refractivity contribution in [3.63, 3.8) is 0 Å². The minimum Gasteiger partial charge on any atom is -0.497 e. The summed E-state index contributed by atoms with van der Waals surface area (Å²) in [5, 5.41) is 3.69. The number of benzene rings is 1. The van der Waals surface area contributed by atoms with Gasteiger partial charge in [0, 0.05) is 31.7 Å². The number of methoxy groups -OCH3 is 1. The Hall–Kier alpha value is -1.10. The van der Waals surface area contributed by atoms with E-state index in [1.165, 1.54) is 11.1 Å². The summed E-state index contributed by atoms with van der Waals surface area (Å²) in [5.74, 6) is 0.931. The van der Waals surface area contributed by atoms with Crippen LogP contribution < -0.4 is 10.1 Å². The molecule has 0 amide bonds. The van der Waals surface area contributed by atoms with Crippen LogP contribution in [0.5, 0.6) is 5.75 Å². The Morgan fingerprint density at radius 2 is 2.10 bits per heavy atom. The van der Waals surface area contributed by atoms with E-state index in [1.54, 1.807) is 7.11 Å². The van der Waals surface area contributed by atoms with Gasteiger partial charge in [-0.05, 0) is 50.8 Å². The average Bonchev–Trinajstić information content (AvgIpc) is 2.48. The van der Waals surface area contributed by atoms with E-state index < -0.39 is 0 Å². The normalized spacial score (nSPS) is 22.2. The van der Waals surface area contributed by atoms with Crippen LogP contribution in [0.1, 0.15) is 24.1 Å². The van der Waals surface area contributed by atoms with Crippen LogP contribution in [-0.2, 0) is 0 Å². The number of hydrogen-bond acceptors (Lipinski definition) is 4. The van der Waals surface area contributed by atoms with Gasteiger partial charge in [0.15, 0.2) is 0 Å². The van der Waals surface area contributed by atoms with Crippen molar-refractivity contribution in [2.45, 2.75) is 25.9 Å². The monoisotopic (exact) mass is 291 g/mol. The van der Waals surface area contributed by atoms with E-state index in [-0.39, 0.29) is 0 Å². The SMILES string of the molecule is CCNC(c1ccc(OC)cc1C)C1CN(C)CCN1C. The number of piperazine rings is 1. The molecule has 1 saturated heterocycles. The third kappa shape index (κ3) is 3.76. The zero-order chi connectivity index (χ0) is 15.4. The van der Waals surface area contributed by atoms with Crippen LogP contribution in [-0.4, -0.2) is 63.2 Å². The summed E-state index contributed by atoms with van der Waals surface area (Å²) in [6.07, 6.45) is 0. The van der Waals surface area contributed by atoms with E-state index in [9.17, 15) is 0 Å². The van der Waals surface area contributed by atoms with Crippen LogP contribution in [0.2, 0.25) is 0 Å². The molecule has 1 fully saturated rings. The van der Waals surface area contributed by atoms with Crippen molar-refractivity contribution >= 4 is 0 Å². The second kappa shape index (κ2) is 7.25. The lowest BCUT2D eigenvalue weighted by molar-refractivity contribution is 0.0879. The van der Waals surface area contributed by atoms with Crippen LogP contribution in [0.3, 0.4) is 0 Å². The standard InChI is InChI=1S/C17H29N3O/c1-6-18-17(16-12-19(3)9-10-20(16)4)15-8-7-14(21-5)11-13(15)2/h7-8,11,16-18H,6,9-10,12H2,1-5H3. The van der Waals surface area contributed by atoms with Crippen LogP contribution in [0.25, 0.3) is 0 Å². The molecule has 4 nitrogen and oxygen atoms in total. The van der Waals surface area contributed by atoms with Crippen LogP contribution in [0.4, 0.5) is 0 Å². The summed E-state index contributed by atoms with van der Waals surface area (Å²) in [4.78, 5) is 4.91. The van der Waals surface area contributed by atoms with E-state index >= 15 is 0 Å². The number of likely N-dealkylation sites (N-methyl/N-ethyl adjacent to an activating group) is 3. The van der Waals surface area contributed by atoms with Gasteiger partial charge >= 0.3 is 0 Å². The molecule has 2 atom stereocenters. The Morgan fingerprint density at radius 1 is 1.33 bits per heavy atom. The molecule has 0 aliphatic carbocycles. The maximum absolute atomic E-state index is 5.33. The fraction of sp³-hybridized carbons (Fsp3) is 0.647. The van der Waals surface area contributed by atoms with E-state index in [0.29, 0.717) is 12.1 Å². The van der Waals surface area contributed by atoms with Gasteiger partial charge in [-0.25, -0.2) is 0 Å². The fourth-order valence-electron chi connectivity index (χ4n) is 3.20. The quantitative estimate of drug-likeness (QED) is 0.897. The lowest BCUT2D eigenvalue weighted by Crippen LogP contribution is -2.55. The maximum atomic E-state index is 5.33. The molecule has 0 radical (unpaired) electrons. The third-order valence-electron chi connectivity index (χ3n) is 4.52. The van der Waals surface area contributed by atoms with Gasteiger partial charge in [-0.15, -0.1) is 0 Å². The first-order chi connectivity index (χ1) is 10.1. The Morgan fingerprint density at radius 3 is 2.71 bits per heavy atom. The van der Waals surface area contributed by atoms with Crippen molar-refractivity contribution in [2.75, 3.05) is 47.4 Å². The van der Waals surface area contributed by atoms with Crippen LogP contribution >= 0.6 is 0 Å². The summed E-state index contributed by atoms with van der Waals surface area (Å²) >= 11 is 0. The smallest absolute Gasteiger partial charge is 0.119 e. The zero-order valence-corrected chi connectivity index (χ0v) is 14.0. The van der Waals surface area contributed by atoms with Gasteiger partial charge in [-0.2, -0.15) is 0 Å². The van der Waals surface area contributed by atoms with Crippen molar-refractivity contribution in [3.05, 3.63) is 29.3 Å². The minimum absolute atomic E-state index is 0.355. The highest BCUT2D eigenvalue weighted by atomic mass is 16.5. The molecule has 1 aromatic rings. The van der Waals surface area contributed by atoms with Crippen molar-refractivity contribution in [3.8, 4) is 5.75 Å². The zero-order valence-electron chi connectivity index (χ0n) is 14.0. The molecule has 0 spiro atoms. The molecular formula is C17H29N3O. The number of ether oxygens (including phenoxy) is 1. The summed E-state index contributed by atoms with van der Waals surface area (Å²) < 4.78 is 5.33. The number of nitrogens with zero attached hydrogens (tertiary/aromatic N) is 2. The predicted molar refractivity (Wildman–Crippen MR) is 88.1 cm³/mol. The lowest BCUT2D eigenvalue weighted by atomic mass is 9.92. The number of aryl methyl sites for hydroxylation is 1. The van der Waals surface area contributed by atoms with Gasteiger partial charge in [0.25, 0.3) is 0 Å². The molecule has 0 saturated carbocycles. The van der Waals surface area contributed by atoms with Crippen LogP contribution in [0, 0.1) is 6.92 Å². The second-order valence-corrected chi connectivity index (χ2v) is 6.07. The van der Waals surface area contributed by atoms with Crippen molar-refractivity contribution in [2.24, 2.45) is 0 Å². The second-order valence-electron chi connectivity index (χ2n) is 6.07. The van der Waals surface area contributed by atoms with Gasteiger partial charge in [-0.3, -0.25) is 4.90 Å². The van der Waals surface area contributed by atoms with E-state index in [0.717, 1.165) is 31.9 Å². The molecule has 118 valence electrons. The molecule has 0 bridgehead atoms. The summed E-state index contributed by atoms with van der Waals surface area (Å²) in [7, 11) is 6.17. The van der Waals surface area contributed by atoms with E-state index in [1.807, 2.05) is 0 Å². The van der Waals surface area contributed by atoms with Crippen LogP contribution in [0.15, 0.2) is 18.2 Å². The molecule has 1 aliphatic heterocycles. The van der Waals surface area contributed by atoms with Gasteiger partial charge in [0.05, 0.1) is 7.11 Å². The molecular weight excluding hydrogens is 262 g/mol. The average molecular weight is 291 g/mol. The summed E-state index contributed by atoms with van der Waals surface area (Å²) in [6, 6.07) is 7.26. The number of nitrogens with one attached hydrogen (secondary N) is 1. The summed E-state index contributed by atoms with van der Waals surface area (Å²) in [5.41, 5.74) is 2.67. The Bertz CT molecular complexity index is 463. The van der Waals surface area contributed by atoms with Gasteiger partial charge in [-0.1, -0.05) is 13.0 Å². The highest BCUT2D eigenvalue weighted by Gasteiger charge is 2.31. The third-order valence-corrected chi connectivity index (χ3v) is 4.52. The number of hydrogen-bond donors (Lipinski definition) is 1. The van der Waals surface area contributed by atoms with E-state index in [2.05, 4.69) is 61.3 Å². The minimum atomic E-state index is 0.355. The first-order valence-electron chi connectivity index (χ1n) is 7.83. The molecule has 0 aromatic heterocycles. The Kier molecular flexibility index (Phi) is 5.62. The Labute approximate surface area is 129 Å². The van der Waals surface area contributed by atoms with Crippen molar-refractivity contribution < 1.29 is 4.74 Å². The van der Waals surface area contributed by atoms with Gasteiger partial charge in [0.1, 0.15) is 5.75 Å². The molecule has 2 rings (SSSR count). The fourth-order valence-corrected chi connectivity index (χ4v) is 3.20. The lowest BCUT2D eigenvalue weighted by Gasteiger charge is -2.42. The highest BCUT2D eigenvalue weighted by molar-refractivity contribution is 5.37. The van der Waals surface area contributed by atoms with Crippen molar-refractivity contribution in [1.29, 1.82) is 0 Å². The Balaban J connectivity index is 2.29. The van der Waals surface area contributed by atoms with Crippen molar-refractivity contribution in [1.82, 2.24) is 15.1 Å². The van der Waals surface area contributed by atoms with Gasteiger partial charge in [0.2, 0.25) is 0 Å². The maximum Gasteiger partial charge on any atom is 0.119 e. The van der Waals surface area contributed by atoms with E-state index in [4.69, 9.17) is 4.74 Å². The first kappa shape index (κ1) is 16.3. The molecule has 4 heteroatoms. The first-order valence-corrected chi connectivity index (χ1v) is 7.83. The topological polar surface area (TPSA) is 27.7 Å². The molecule has 1 N–H and O–H groups in total.